The standard InChI is InChI=1S/C15H20N2O3S/c1-21(19,20)17-13-5-3-2-4-12(13)15(18)16-14-9-10-6-7-11(14)8-10/h2-5,10-11,14,17H,6-9H2,1H3,(H,16,18)/t10-,11-,14+/m1/s1. The summed E-state index contributed by atoms with van der Waals surface area (Å²) in [6, 6.07) is 6.94. The van der Waals surface area contributed by atoms with Crippen molar-refractivity contribution in [2.24, 2.45) is 11.8 Å². The van der Waals surface area contributed by atoms with Crippen molar-refractivity contribution in [3.8, 4) is 0 Å². The van der Waals surface area contributed by atoms with E-state index >= 15 is 0 Å². The highest BCUT2D eigenvalue weighted by Gasteiger charge is 2.40. The Morgan fingerprint density at radius 2 is 1.95 bits per heavy atom. The van der Waals surface area contributed by atoms with Crippen LogP contribution >= 0.6 is 0 Å². The molecule has 0 saturated heterocycles. The van der Waals surface area contributed by atoms with E-state index in [0.29, 0.717) is 17.2 Å². The Morgan fingerprint density at radius 3 is 2.57 bits per heavy atom. The molecule has 114 valence electrons. The number of hydrogen-bond donors (Lipinski definition) is 2. The summed E-state index contributed by atoms with van der Waals surface area (Å²) in [5.41, 5.74) is 0.714. The van der Waals surface area contributed by atoms with Crippen LogP contribution in [-0.2, 0) is 10.0 Å². The van der Waals surface area contributed by atoms with Crippen LogP contribution < -0.4 is 10.0 Å². The fourth-order valence-electron chi connectivity index (χ4n) is 3.64. The summed E-state index contributed by atoms with van der Waals surface area (Å²) in [6.07, 6.45) is 5.83. The monoisotopic (exact) mass is 308 g/mol. The molecule has 0 spiro atoms. The molecule has 2 aliphatic rings. The van der Waals surface area contributed by atoms with Crippen LogP contribution in [0.2, 0.25) is 0 Å². The van der Waals surface area contributed by atoms with Gasteiger partial charge in [0.05, 0.1) is 17.5 Å². The van der Waals surface area contributed by atoms with E-state index in [-0.39, 0.29) is 11.9 Å². The molecule has 2 N–H and O–H groups in total. The number of para-hydroxylation sites is 1. The summed E-state index contributed by atoms with van der Waals surface area (Å²) in [6.45, 7) is 0. The lowest BCUT2D eigenvalue weighted by Gasteiger charge is -2.23. The van der Waals surface area contributed by atoms with Gasteiger partial charge in [-0.2, -0.15) is 0 Å². The van der Waals surface area contributed by atoms with E-state index in [1.165, 1.54) is 19.3 Å². The van der Waals surface area contributed by atoms with Crippen molar-refractivity contribution in [2.75, 3.05) is 11.0 Å². The molecule has 6 heteroatoms. The van der Waals surface area contributed by atoms with Crippen molar-refractivity contribution < 1.29 is 13.2 Å². The van der Waals surface area contributed by atoms with Gasteiger partial charge in [0.25, 0.3) is 5.91 Å². The van der Waals surface area contributed by atoms with Crippen molar-refractivity contribution in [3.63, 3.8) is 0 Å². The van der Waals surface area contributed by atoms with Crippen LogP contribution in [0.25, 0.3) is 0 Å². The fourth-order valence-corrected chi connectivity index (χ4v) is 4.21. The zero-order valence-corrected chi connectivity index (χ0v) is 12.8. The maximum absolute atomic E-state index is 12.4. The molecule has 0 aliphatic heterocycles. The van der Waals surface area contributed by atoms with Gasteiger partial charge in [0.1, 0.15) is 0 Å². The van der Waals surface area contributed by atoms with Crippen LogP contribution in [0.3, 0.4) is 0 Å². The molecule has 0 radical (unpaired) electrons. The van der Waals surface area contributed by atoms with Gasteiger partial charge in [0, 0.05) is 6.04 Å². The maximum Gasteiger partial charge on any atom is 0.253 e. The van der Waals surface area contributed by atoms with Gasteiger partial charge in [0.15, 0.2) is 0 Å². The number of nitrogens with one attached hydrogen (secondary N) is 2. The Kier molecular flexibility index (Phi) is 3.65. The topological polar surface area (TPSA) is 75.3 Å². The zero-order valence-electron chi connectivity index (χ0n) is 12.0. The molecule has 0 unspecified atom stereocenters. The van der Waals surface area contributed by atoms with Gasteiger partial charge in [-0.25, -0.2) is 8.42 Å². The molecule has 21 heavy (non-hydrogen) atoms. The summed E-state index contributed by atoms with van der Waals surface area (Å²) in [5.74, 6) is 1.15. The highest BCUT2D eigenvalue weighted by Crippen LogP contribution is 2.44. The molecular formula is C15H20N2O3S. The minimum Gasteiger partial charge on any atom is -0.349 e. The molecule has 5 nitrogen and oxygen atoms in total. The molecule has 2 fully saturated rings. The number of fused-ring (bicyclic) bond motifs is 2. The van der Waals surface area contributed by atoms with Crippen LogP contribution in [-0.4, -0.2) is 26.6 Å². The van der Waals surface area contributed by atoms with E-state index in [9.17, 15) is 13.2 Å². The van der Waals surface area contributed by atoms with E-state index in [0.717, 1.165) is 18.6 Å². The van der Waals surface area contributed by atoms with Gasteiger partial charge in [-0.1, -0.05) is 18.6 Å². The number of carbonyl (C=O) groups excluding carboxylic acids is 1. The zero-order chi connectivity index (χ0) is 15.0. The minimum absolute atomic E-state index is 0.195. The van der Waals surface area contributed by atoms with Gasteiger partial charge in [0.2, 0.25) is 10.0 Å². The lowest BCUT2D eigenvalue weighted by Crippen LogP contribution is -2.38. The molecule has 2 saturated carbocycles. The van der Waals surface area contributed by atoms with Crippen molar-refractivity contribution in [2.45, 2.75) is 31.7 Å². The first-order valence-corrected chi connectivity index (χ1v) is 9.19. The second kappa shape index (κ2) is 5.33. The van der Waals surface area contributed by atoms with E-state index in [4.69, 9.17) is 0 Å². The molecule has 2 bridgehead atoms. The van der Waals surface area contributed by atoms with Crippen molar-refractivity contribution in [1.29, 1.82) is 0 Å². The normalized spacial score (nSPS) is 27.6. The maximum atomic E-state index is 12.4. The number of hydrogen-bond acceptors (Lipinski definition) is 3. The van der Waals surface area contributed by atoms with Gasteiger partial charge in [-0.05, 0) is 43.2 Å². The lowest BCUT2D eigenvalue weighted by atomic mass is 9.95. The molecule has 3 rings (SSSR count). The molecule has 0 heterocycles. The lowest BCUT2D eigenvalue weighted by molar-refractivity contribution is 0.0924. The predicted molar refractivity (Wildman–Crippen MR) is 81.6 cm³/mol. The Morgan fingerprint density at radius 1 is 1.19 bits per heavy atom. The molecular weight excluding hydrogens is 288 g/mol. The van der Waals surface area contributed by atoms with Crippen LogP contribution in [0.5, 0.6) is 0 Å². The van der Waals surface area contributed by atoms with Gasteiger partial charge < -0.3 is 5.32 Å². The summed E-state index contributed by atoms with van der Waals surface area (Å²) in [5, 5.41) is 3.08. The van der Waals surface area contributed by atoms with Crippen molar-refractivity contribution >= 4 is 21.6 Å². The molecule has 2 aliphatic carbocycles. The van der Waals surface area contributed by atoms with Crippen molar-refractivity contribution in [3.05, 3.63) is 29.8 Å². The average molecular weight is 308 g/mol. The first-order chi connectivity index (χ1) is 9.92. The third kappa shape index (κ3) is 3.20. The molecule has 1 aromatic carbocycles. The van der Waals surface area contributed by atoms with E-state index in [1.54, 1.807) is 24.3 Å². The van der Waals surface area contributed by atoms with Gasteiger partial charge in [-0.15, -0.1) is 0 Å². The molecule has 1 amide bonds. The van der Waals surface area contributed by atoms with E-state index in [1.807, 2.05) is 0 Å². The van der Waals surface area contributed by atoms with Crippen LogP contribution in [0.1, 0.15) is 36.0 Å². The van der Waals surface area contributed by atoms with E-state index < -0.39 is 10.0 Å². The Labute approximate surface area is 125 Å². The summed E-state index contributed by atoms with van der Waals surface area (Å²) < 4.78 is 25.2. The number of carbonyl (C=O) groups is 1. The second-order valence-electron chi connectivity index (χ2n) is 6.17. The largest absolute Gasteiger partial charge is 0.349 e. The number of rotatable bonds is 4. The number of benzene rings is 1. The third-order valence-corrected chi connectivity index (χ3v) is 5.11. The molecule has 0 aromatic heterocycles. The summed E-state index contributed by atoms with van der Waals surface area (Å²) in [7, 11) is -3.40. The minimum atomic E-state index is -3.40. The van der Waals surface area contributed by atoms with Crippen molar-refractivity contribution in [1.82, 2.24) is 5.32 Å². The second-order valence-corrected chi connectivity index (χ2v) is 7.92. The number of anilines is 1. The highest BCUT2D eigenvalue weighted by molar-refractivity contribution is 7.92. The quantitative estimate of drug-likeness (QED) is 0.893. The van der Waals surface area contributed by atoms with Gasteiger partial charge >= 0.3 is 0 Å². The molecule has 1 aromatic rings. The molecule has 3 atom stereocenters. The first-order valence-electron chi connectivity index (χ1n) is 7.30. The Bertz CT molecular complexity index is 657. The number of amides is 1. The Balaban J connectivity index is 1.75. The van der Waals surface area contributed by atoms with Crippen LogP contribution in [0.4, 0.5) is 5.69 Å². The smallest absolute Gasteiger partial charge is 0.253 e. The SMILES string of the molecule is CS(=O)(=O)Nc1ccccc1C(=O)N[C@H]1C[C@@H]2CC[C@@H]1C2. The summed E-state index contributed by atoms with van der Waals surface area (Å²) in [4.78, 5) is 12.4. The van der Waals surface area contributed by atoms with Crippen LogP contribution in [0, 0.1) is 11.8 Å². The fraction of sp³-hybridized carbons (Fsp3) is 0.533. The van der Waals surface area contributed by atoms with Gasteiger partial charge in [-0.3, -0.25) is 9.52 Å². The third-order valence-electron chi connectivity index (χ3n) is 4.52. The Hall–Kier alpha value is -1.56. The first kappa shape index (κ1) is 14.4. The number of sulfonamides is 1. The average Bonchev–Trinajstić information content (AvgIpc) is 2.99. The van der Waals surface area contributed by atoms with Crippen LogP contribution in [0.15, 0.2) is 24.3 Å². The summed E-state index contributed by atoms with van der Waals surface area (Å²) >= 11 is 0. The highest BCUT2D eigenvalue weighted by atomic mass is 32.2. The van der Waals surface area contributed by atoms with E-state index in [2.05, 4.69) is 10.0 Å². The predicted octanol–water partition coefficient (Wildman–Crippen LogP) is 1.98.